The number of hydrogen-bond donors (Lipinski definition) is 1. The standard InChI is InChI=1S/C79H94N2O9S2/c1-5-18-58-19-23-62(24-20-58)75-74(61-33-37-69(80-3)38-34-61)54-73(92-75)55-79(44-13-10-8-7-9-11-15-47-85-46-6-2,81-76(91)68-32-31-66-52-65(29-30-67(66)53-68)60-35-41-70(84-4)42-36-60)45-14-12-16-49-88-77(82)63-25-27-64(28-26-63)78(83)89-51-43-59-21-39-71(40-22-59)87-50-17-48-86-56-72-57-90-72/h6,19-24,29-42,46,52-54,63-64,72H,5,7-18,25-28,43-45,47-51,55-57H2,1-2,4H3,(H,81,91)/b46-6+. The summed E-state index contributed by atoms with van der Waals surface area (Å²) in [7, 11) is 1.69. The molecule has 1 aromatic heterocycles. The van der Waals surface area contributed by atoms with Gasteiger partial charge < -0.3 is 38.5 Å². The first-order valence-corrected chi connectivity index (χ1v) is 35.0. The number of carbonyl (C=O) groups excluding carboxylic acids is 2. The summed E-state index contributed by atoms with van der Waals surface area (Å²) in [4.78, 5) is 33.7. The van der Waals surface area contributed by atoms with Crippen LogP contribution in [0.1, 0.15) is 151 Å². The largest absolute Gasteiger partial charge is 0.502 e. The van der Waals surface area contributed by atoms with Crippen molar-refractivity contribution in [2.45, 2.75) is 160 Å². The summed E-state index contributed by atoms with van der Waals surface area (Å²) in [6.07, 6.45) is 23.1. The van der Waals surface area contributed by atoms with Crippen LogP contribution in [0.15, 0.2) is 152 Å². The molecule has 0 spiro atoms. The van der Waals surface area contributed by atoms with Crippen molar-refractivity contribution in [1.82, 2.24) is 5.32 Å². The number of hydrogen-bond acceptors (Lipinski definition) is 11. The highest BCUT2D eigenvalue weighted by Crippen LogP contribution is 2.43. The van der Waals surface area contributed by atoms with Crippen molar-refractivity contribution >= 4 is 56.9 Å². The predicted molar refractivity (Wildman–Crippen MR) is 377 cm³/mol. The normalized spacial score (nSPS) is 16.0. The van der Waals surface area contributed by atoms with Gasteiger partial charge in [0.1, 0.15) is 22.6 Å². The Morgan fingerprint density at radius 3 is 1.90 bits per heavy atom. The lowest BCUT2D eigenvalue weighted by Crippen LogP contribution is -2.50. The van der Waals surface area contributed by atoms with E-state index >= 15 is 0 Å². The summed E-state index contributed by atoms with van der Waals surface area (Å²) >= 11 is 8.42. The third-order valence-corrected chi connectivity index (χ3v) is 19.3. The van der Waals surface area contributed by atoms with Crippen LogP contribution in [0, 0.1) is 18.4 Å². The van der Waals surface area contributed by atoms with Gasteiger partial charge in [0.15, 0.2) is 5.69 Å². The molecular formula is C79H94N2O9S2. The maximum atomic E-state index is 13.6. The number of methoxy groups -OCH3 is 1. The summed E-state index contributed by atoms with van der Waals surface area (Å²) in [5, 5.41) is 6.40. The summed E-state index contributed by atoms with van der Waals surface area (Å²) in [5.41, 5.74) is 9.35. The second-order valence-corrected chi connectivity index (χ2v) is 26.4. The number of esters is 2. The van der Waals surface area contributed by atoms with Crippen LogP contribution in [-0.2, 0) is 52.5 Å². The molecule has 1 saturated heterocycles. The third kappa shape index (κ3) is 21.6. The molecule has 1 N–H and O–H groups in total. The van der Waals surface area contributed by atoms with Gasteiger partial charge >= 0.3 is 11.9 Å². The van der Waals surface area contributed by atoms with Crippen LogP contribution >= 0.6 is 23.6 Å². The molecule has 92 heavy (non-hydrogen) atoms. The number of epoxide rings is 1. The lowest BCUT2D eigenvalue weighted by atomic mass is 9.82. The SMILES string of the molecule is [C-]#[N+]c1ccc(-c2cc(CC(CCCCCCCCCO/C=C/C)(CCCCCOC(=O)C3CCC(C(=O)OCCc4ccc(OCCCOCC5CO5)cc4)CC3)NC(=S)c3ccc4cc(-c5ccc(OC)cc5)ccc4c3)sc2-c2ccc(CCC)cc2)cc1. The molecule has 1 saturated carbocycles. The van der Waals surface area contributed by atoms with Gasteiger partial charge in [-0.25, -0.2) is 4.85 Å². The minimum absolute atomic E-state index is 0.162. The lowest BCUT2D eigenvalue weighted by Gasteiger charge is -2.37. The molecule has 6 aromatic carbocycles. The lowest BCUT2D eigenvalue weighted by molar-refractivity contribution is -0.155. The van der Waals surface area contributed by atoms with Crippen molar-refractivity contribution in [3.63, 3.8) is 0 Å². The highest BCUT2D eigenvalue weighted by molar-refractivity contribution is 7.80. The molecule has 2 unspecified atom stereocenters. The second kappa shape index (κ2) is 36.8. The Bertz CT molecular complexity index is 3470. The molecule has 0 amide bonds. The molecule has 1 aliphatic carbocycles. The highest BCUT2D eigenvalue weighted by Gasteiger charge is 2.34. The molecule has 486 valence electrons. The number of thiophene rings is 1. The van der Waals surface area contributed by atoms with Gasteiger partial charge in [0.05, 0.1) is 71.4 Å². The molecule has 0 bridgehead atoms. The number of fused-ring (bicyclic) bond motifs is 1. The molecule has 2 atom stereocenters. The van der Waals surface area contributed by atoms with Crippen LogP contribution in [0.3, 0.4) is 0 Å². The Morgan fingerprint density at radius 2 is 1.23 bits per heavy atom. The Balaban J connectivity index is 0.851. The van der Waals surface area contributed by atoms with E-state index in [1.54, 1.807) is 13.4 Å². The topological polar surface area (TPSA) is 118 Å². The zero-order valence-corrected chi connectivity index (χ0v) is 56.0. The number of allylic oxidation sites excluding steroid dienone is 1. The first-order chi connectivity index (χ1) is 45.1. The van der Waals surface area contributed by atoms with Gasteiger partial charge in [-0.3, -0.25) is 9.59 Å². The first kappa shape index (κ1) is 69.0. The van der Waals surface area contributed by atoms with Crippen LogP contribution in [0.5, 0.6) is 11.5 Å². The van der Waals surface area contributed by atoms with Crippen LogP contribution in [-0.4, -0.2) is 81.9 Å². The van der Waals surface area contributed by atoms with E-state index in [1.165, 1.54) is 45.7 Å². The van der Waals surface area contributed by atoms with Crippen LogP contribution < -0.4 is 14.8 Å². The van der Waals surface area contributed by atoms with E-state index in [1.807, 2.05) is 72.9 Å². The summed E-state index contributed by atoms with van der Waals surface area (Å²) in [6.45, 7) is 16.0. The minimum atomic E-state index is -0.397. The van der Waals surface area contributed by atoms with E-state index in [4.69, 9.17) is 51.9 Å². The number of aryl methyl sites for hydroxylation is 1. The van der Waals surface area contributed by atoms with E-state index in [2.05, 4.69) is 108 Å². The van der Waals surface area contributed by atoms with Gasteiger partial charge in [-0.15, -0.1) is 11.3 Å². The molecule has 7 aromatic rings. The second-order valence-electron chi connectivity index (χ2n) is 24.9. The maximum absolute atomic E-state index is 13.6. The van der Waals surface area contributed by atoms with Gasteiger partial charge in [0, 0.05) is 52.3 Å². The fourth-order valence-electron chi connectivity index (χ4n) is 12.4. The van der Waals surface area contributed by atoms with Crippen molar-refractivity contribution in [2.75, 3.05) is 53.4 Å². The minimum Gasteiger partial charge on any atom is -0.502 e. The van der Waals surface area contributed by atoms with Crippen molar-refractivity contribution in [3.05, 3.63) is 185 Å². The van der Waals surface area contributed by atoms with E-state index < -0.39 is 5.54 Å². The Labute approximate surface area is 556 Å². The van der Waals surface area contributed by atoms with Crippen LogP contribution in [0.4, 0.5) is 5.69 Å². The van der Waals surface area contributed by atoms with Gasteiger partial charge in [-0.05, 0) is 158 Å². The number of ether oxygens (including phenoxy) is 7. The molecule has 2 aliphatic rings. The Morgan fingerprint density at radius 1 is 0.641 bits per heavy atom. The summed E-state index contributed by atoms with van der Waals surface area (Å²) in [5.74, 6) is 0.865. The Hall–Kier alpha value is -7.34. The molecule has 1 aliphatic heterocycles. The predicted octanol–water partition coefficient (Wildman–Crippen LogP) is 19.2. The Kier molecular flexibility index (Phi) is 27.6. The quantitative estimate of drug-likeness (QED) is 0.00991. The van der Waals surface area contributed by atoms with Crippen molar-refractivity contribution in [1.29, 1.82) is 0 Å². The number of nitrogens with one attached hydrogen (secondary N) is 1. The highest BCUT2D eigenvalue weighted by atomic mass is 32.1. The van der Waals surface area contributed by atoms with E-state index in [0.29, 0.717) is 70.8 Å². The number of carbonyl (C=O) groups is 2. The van der Waals surface area contributed by atoms with E-state index in [9.17, 15) is 9.59 Å². The molecule has 9 rings (SSSR count). The average molecular weight is 1280 g/mol. The first-order valence-electron chi connectivity index (χ1n) is 33.8. The van der Waals surface area contributed by atoms with Gasteiger partial charge in [0.25, 0.3) is 0 Å². The number of unbranched alkanes of at least 4 members (excludes halogenated alkanes) is 8. The third-order valence-electron chi connectivity index (χ3n) is 17.8. The van der Waals surface area contributed by atoms with Gasteiger partial charge in [-0.2, -0.15) is 0 Å². The zero-order valence-electron chi connectivity index (χ0n) is 54.4. The monoisotopic (exact) mass is 1280 g/mol. The van der Waals surface area contributed by atoms with Crippen molar-refractivity contribution in [2.24, 2.45) is 11.8 Å². The van der Waals surface area contributed by atoms with Crippen molar-refractivity contribution in [3.8, 4) is 44.2 Å². The number of nitrogens with zero attached hydrogens (tertiary/aromatic N) is 1. The smallest absolute Gasteiger partial charge is 0.308 e. The molecule has 0 radical (unpaired) electrons. The fourth-order valence-corrected chi connectivity index (χ4v) is 14.1. The van der Waals surface area contributed by atoms with E-state index in [0.717, 1.165) is 152 Å². The van der Waals surface area contributed by atoms with E-state index in [-0.39, 0.29) is 29.9 Å². The number of benzene rings is 6. The zero-order chi connectivity index (χ0) is 64.2. The number of thiocarbonyl (C=S) groups is 1. The summed E-state index contributed by atoms with van der Waals surface area (Å²) < 4.78 is 39.4. The fraction of sp³-hybridized carbons (Fsp3) is 0.443. The van der Waals surface area contributed by atoms with Crippen molar-refractivity contribution < 1.29 is 42.7 Å². The van der Waals surface area contributed by atoms with Gasteiger partial charge in [-0.1, -0.05) is 174 Å². The molecule has 2 heterocycles. The van der Waals surface area contributed by atoms with Gasteiger partial charge in [0.2, 0.25) is 0 Å². The summed E-state index contributed by atoms with van der Waals surface area (Å²) in [6, 6.07) is 48.8. The molecule has 13 heteroatoms. The average Bonchev–Trinajstić information content (AvgIpc) is 1.56. The van der Waals surface area contributed by atoms with Crippen LogP contribution in [0.2, 0.25) is 0 Å². The number of rotatable bonds is 39. The van der Waals surface area contributed by atoms with Crippen LogP contribution in [0.25, 0.3) is 48.3 Å². The maximum Gasteiger partial charge on any atom is 0.308 e. The molecule has 11 nitrogen and oxygen atoms in total. The molecule has 2 fully saturated rings. The molecular weight excluding hydrogens is 1190 g/mol.